The van der Waals surface area contributed by atoms with Crippen molar-refractivity contribution in [2.75, 3.05) is 0 Å². The number of non-ortho nitro benzene ring substituents is 1. The maximum Gasteiger partial charge on any atom is 0.269 e. The third-order valence-electron chi connectivity index (χ3n) is 4.15. The van der Waals surface area contributed by atoms with Crippen molar-refractivity contribution in [3.8, 4) is 11.4 Å². The number of nitro benzene ring substituents is 1. The van der Waals surface area contributed by atoms with Gasteiger partial charge in [0.15, 0.2) is 0 Å². The lowest BCUT2D eigenvalue weighted by atomic mass is 10.2. The molecule has 1 aromatic heterocycles. The molecule has 1 heterocycles. The van der Waals surface area contributed by atoms with Crippen molar-refractivity contribution in [3.63, 3.8) is 0 Å². The van der Waals surface area contributed by atoms with Crippen molar-refractivity contribution >= 4 is 17.3 Å². The summed E-state index contributed by atoms with van der Waals surface area (Å²) >= 11 is 6.07. The lowest BCUT2D eigenvalue weighted by molar-refractivity contribution is -0.384. The van der Waals surface area contributed by atoms with Crippen LogP contribution in [-0.2, 0) is 13.1 Å². The number of nitro groups is 1. The monoisotopic (exact) mass is 386 g/mol. The van der Waals surface area contributed by atoms with Crippen LogP contribution in [-0.4, -0.2) is 26.0 Å². The van der Waals surface area contributed by atoms with Crippen LogP contribution in [0.15, 0.2) is 53.1 Å². The molecule has 7 nitrogen and oxygen atoms in total. The van der Waals surface area contributed by atoms with Crippen molar-refractivity contribution in [1.29, 1.82) is 0 Å². The molecule has 140 valence electrons. The summed E-state index contributed by atoms with van der Waals surface area (Å²) in [5.41, 5.74) is 1.79. The normalized spacial score (nSPS) is 11.3. The smallest absolute Gasteiger partial charge is 0.269 e. The van der Waals surface area contributed by atoms with Crippen molar-refractivity contribution in [2.45, 2.75) is 33.0 Å². The zero-order valence-electron chi connectivity index (χ0n) is 15.0. The minimum absolute atomic E-state index is 0.0231. The van der Waals surface area contributed by atoms with Crippen LogP contribution in [0.5, 0.6) is 0 Å². The van der Waals surface area contributed by atoms with Gasteiger partial charge in [-0.05, 0) is 43.7 Å². The second-order valence-electron chi connectivity index (χ2n) is 6.44. The first-order chi connectivity index (χ1) is 12.9. The van der Waals surface area contributed by atoms with E-state index >= 15 is 0 Å². The highest BCUT2D eigenvalue weighted by molar-refractivity contribution is 6.30. The molecule has 0 saturated heterocycles. The molecule has 27 heavy (non-hydrogen) atoms. The van der Waals surface area contributed by atoms with Crippen molar-refractivity contribution < 1.29 is 9.45 Å². The molecule has 0 unspecified atom stereocenters. The van der Waals surface area contributed by atoms with Gasteiger partial charge in [0.2, 0.25) is 11.7 Å². The first-order valence-electron chi connectivity index (χ1n) is 8.48. The number of aromatic nitrogens is 2. The van der Waals surface area contributed by atoms with Gasteiger partial charge in [0.05, 0.1) is 11.5 Å². The Labute approximate surface area is 161 Å². The predicted molar refractivity (Wildman–Crippen MR) is 102 cm³/mol. The van der Waals surface area contributed by atoms with Crippen molar-refractivity contribution in [3.05, 3.63) is 75.1 Å². The molecule has 0 aliphatic carbocycles. The summed E-state index contributed by atoms with van der Waals surface area (Å²) in [7, 11) is 0. The number of halogens is 1. The largest absolute Gasteiger partial charge is 0.338 e. The summed E-state index contributed by atoms with van der Waals surface area (Å²) in [5.74, 6) is 0.894. The van der Waals surface area contributed by atoms with Crippen LogP contribution in [0.25, 0.3) is 11.4 Å². The maximum absolute atomic E-state index is 10.8. The van der Waals surface area contributed by atoms with Crippen LogP contribution in [0.2, 0.25) is 5.02 Å². The van der Waals surface area contributed by atoms with Gasteiger partial charge >= 0.3 is 0 Å². The van der Waals surface area contributed by atoms with Gasteiger partial charge in [-0.15, -0.1) is 0 Å². The van der Waals surface area contributed by atoms with Crippen LogP contribution in [0, 0.1) is 10.1 Å². The number of benzene rings is 2. The van der Waals surface area contributed by atoms with Gasteiger partial charge in [-0.2, -0.15) is 4.98 Å². The predicted octanol–water partition coefficient (Wildman–Crippen LogP) is 4.71. The minimum Gasteiger partial charge on any atom is -0.338 e. The Morgan fingerprint density at radius 2 is 1.93 bits per heavy atom. The summed E-state index contributed by atoms with van der Waals surface area (Å²) in [6.07, 6.45) is 0. The van der Waals surface area contributed by atoms with Crippen molar-refractivity contribution in [1.82, 2.24) is 15.0 Å². The number of nitrogens with zero attached hydrogens (tertiary/aromatic N) is 4. The highest BCUT2D eigenvalue weighted by atomic mass is 35.5. The number of hydrogen-bond acceptors (Lipinski definition) is 6. The Morgan fingerprint density at radius 1 is 1.19 bits per heavy atom. The maximum atomic E-state index is 10.8. The van der Waals surface area contributed by atoms with Crippen LogP contribution < -0.4 is 0 Å². The fourth-order valence-corrected chi connectivity index (χ4v) is 2.85. The number of hydrogen-bond donors (Lipinski definition) is 0. The fourth-order valence-electron chi connectivity index (χ4n) is 2.63. The summed E-state index contributed by atoms with van der Waals surface area (Å²) in [6.45, 7) is 5.38. The van der Waals surface area contributed by atoms with E-state index in [-0.39, 0.29) is 11.7 Å². The van der Waals surface area contributed by atoms with E-state index in [2.05, 4.69) is 28.9 Å². The molecule has 3 rings (SSSR count). The molecule has 0 fully saturated rings. The second kappa shape index (κ2) is 8.28. The third kappa shape index (κ3) is 4.90. The average molecular weight is 387 g/mol. The van der Waals surface area contributed by atoms with Crippen LogP contribution in [0.1, 0.15) is 25.3 Å². The molecule has 8 heteroatoms. The van der Waals surface area contributed by atoms with Gasteiger partial charge in [0.1, 0.15) is 0 Å². The molecule has 2 aromatic carbocycles. The molecule has 0 aliphatic rings. The third-order valence-corrected chi connectivity index (χ3v) is 4.38. The molecule has 0 aliphatic heterocycles. The summed E-state index contributed by atoms with van der Waals surface area (Å²) in [6, 6.07) is 14.1. The molecule has 0 N–H and O–H groups in total. The zero-order chi connectivity index (χ0) is 19.4. The highest BCUT2D eigenvalue weighted by Crippen LogP contribution is 2.21. The molecule has 0 bridgehead atoms. The molecule has 0 atom stereocenters. The molecule has 0 saturated carbocycles. The van der Waals surface area contributed by atoms with Gasteiger partial charge in [-0.3, -0.25) is 15.0 Å². The Kier molecular flexibility index (Phi) is 5.83. The van der Waals surface area contributed by atoms with Gasteiger partial charge in [-0.25, -0.2) is 0 Å². The van der Waals surface area contributed by atoms with Gasteiger partial charge in [0, 0.05) is 35.3 Å². The van der Waals surface area contributed by atoms with Crippen LogP contribution in [0.3, 0.4) is 0 Å². The van der Waals surface area contributed by atoms with E-state index in [1.54, 1.807) is 12.1 Å². The molecular formula is C19H19ClN4O3. The van der Waals surface area contributed by atoms with Crippen LogP contribution >= 0.6 is 11.6 Å². The van der Waals surface area contributed by atoms with Gasteiger partial charge in [-0.1, -0.05) is 28.9 Å². The molecule has 0 radical (unpaired) electrons. The van der Waals surface area contributed by atoms with E-state index in [0.29, 0.717) is 35.4 Å². The second-order valence-corrected chi connectivity index (χ2v) is 6.88. The first kappa shape index (κ1) is 19.0. The fraction of sp³-hybridized carbons (Fsp3) is 0.263. The summed E-state index contributed by atoms with van der Waals surface area (Å²) < 4.78 is 5.38. The Morgan fingerprint density at radius 3 is 2.56 bits per heavy atom. The van der Waals surface area contributed by atoms with Crippen molar-refractivity contribution in [2.24, 2.45) is 0 Å². The lowest BCUT2D eigenvalue weighted by Gasteiger charge is -2.24. The molecule has 0 amide bonds. The Balaban J connectivity index is 1.73. The quantitative estimate of drug-likeness (QED) is 0.432. The molecule has 3 aromatic rings. The summed E-state index contributed by atoms with van der Waals surface area (Å²) in [5, 5.41) is 15.4. The average Bonchev–Trinajstić information content (AvgIpc) is 3.10. The number of rotatable bonds is 7. The zero-order valence-corrected chi connectivity index (χ0v) is 15.8. The van der Waals surface area contributed by atoms with E-state index in [9.17, 15) is 10.1 Å². The van der Waals surface area contributed by atoms with E-state index in [1.807, 2.05) is 24.3 Å². The Hall–Kier alpha value is -2.77. The van der Waals surface area contributed by atoms with Crippen LogP contribution in [0.4, 0.5) is 5.69 Å². The SMILES string of the molecule is CC(C)N(Cc1cccc(Cl)c1)Cc1nc(-c2ccc([N+](=O)[O-])cc2)no1. The van der Waals surface area contributed by atoms with Gasteiger partial charge in [0.25, 0.3) is 5.69 Å². The standard InChI is InChI=1S/C19H19ClN4O3/c1-13(2)23(11-14-4-3-5-16(20)10-14)12-18-21-19(22-27-18)15-6-8-17(9-7-15)24(25)26/h3-10,13H,11-12H2,1-2H3. The highest BCUT2D eigenvalue weighted by Gasteiger charge is 2.17. The van der Waals surface area contributed by atoms with E-state index in [4.69, 9.17) is 16.1 Å². The van der Waals surface area contributed by atoms with Gasteiger partial charge < -0.3 is 4.52 Å². The Bertz CT molecular complexity index is 925. The van der Waals surface area contributed by atoms with E-state index in [1.165, 1.54) is 12.1 Å². The van der Waals surface area contributed by atoms with E-state index < -0.39 is 4.92 Å². The first-order valence-corrected chi connectivity index (χ1v) is 8.86. The topological polar surface area (TPSA) is 85.3 Å². The molecular weight excluding hydrogens is 368 g/mol. The molecule has 0 spiro atoms. The van der Waals surface area contributed by atoms with E-state index in [0.717, 1.165) is 5.56 Å². The lowest BCUT2D eigenvalue weighted by Crippen LogP contribution is -2.30. The minimum atomic E-state index is -0.443. The summed E-state index contributed by atoms with van der Waals surface area (Å²) in [4.78, 5) is 16.9.